The first-order valence-corrected chi connectivity index (χ1v) is 16.9. The Balaban J connectivity index is 1.30. The molecule has 0 aliphatic carbocycles. The van der Waals surface area contributed by atoms with Gasteiger partial charge in [-0.2, -0.15) is 0 Å². The molecule has 9 aromatic rings. The third kappa shape index (κ3) is 4.68. The lowest BCUT2D eigenvalue weighted by molar-refractivity contribution is 0.818. The van der Waals surface area contributed by atoms with Crippen molar-refractivity contribution in [2.45, 2.75) is 19.8 Å². The van der Waals surface area contributed by atoms with E-state index in [1.165, 1.54) is 65.7 Å². The molecule has 1 heterocycles. The van der Waals surface area contributed by atoms with Gasteiger partial charge in [-0.1, -0.05) is 134 Å². The van der Waals surface area contributed by atoms with Crippen LogP contribution in [0.15, 0.2) is 164 Å². The zero-order chi connectivity index (χ0) is 32.0. The lowest BCUT2D eigenvalue weighted by atomic mass is 9.84. The number of aryl methyl sites for hydroxylation is 1. The van der Waals surface area contributed by atoms with Gasteiger partial charge in [0, 0.05) is 12.1 Å². The summed E-state index contributed by atoms with van der Waals surface area (Å²) in [6, 6.07) is 59.7. The van der Waals surface area contributed by atoms with E-state index in [0.717, 1.165) is 35.4 Å². The lowest BCUT2D eigenvalue weighted by Crippen LogP contribution is -2.01. The first-order chi connectivity index (χ1) is 23.8. The van der Waals surface area contributed by atoms with Crippen molar-refractivity contribution >= 4 is 43.4 Å². The van der Waals surface area contributed by atoms with Gasteiger partial charge in [-0.15, -0.1) is 0 Å². The van der Waals surface area contributed by atoms with Gasteiger partial charge in [-0.3, -0.25) is 4.57 Å². The van der Waals surface area contributed by atoms with Crippen LogP contribution in [0.2, 0.25) is 0 Å². The highest BCUT2D eigenvalue weighted by molar-refractivity contribution is 6.22. The van der Waals surface area contributed by atoms with Gasteiger partial charge in [0.25, 0.3) is 0 Å². The third-order valence-electron chi connectivity index (χ3n) is 9.69. The molecule has 0 unspecified atom stereocenters. The minimum absolute atomic E-state index is 0.936. The SMILES string of the molecule is CCCc1nc2ccccc2n1-c1ccc(-c2c3ccccc3c(-c3ccc4ccccc4c3)c3cc(-c4ccccc4)ccc23)cc1. The number of benzene rings is 8. The molecule has 0 spiro atoms. The molecule has 2 heteroatoms. The van der Waals surface area contributed by atoms with Gasteiger partial charge in [0.05, 0.1) is 11.0 Å². The summed E-state index contributed by atoms with van der Waals surface area (Å²) in [5, 5.41) is 7.53. The van der Waals surface area contributed by atoms with Gasteiger partial charge >= 0.3 is 0 Å². The number of para-hydroxylation sites is 2. The van der Waals surface area contributed by atoms with Crippen molar-refractivity contribution < 1.29 is 0 Å². The highest BCUT2D eigenvalue weighted by atomic mass is 15.1. The van der Waals surface area contributed by atoms with Crippen LogP contribution < -0.4 is 0 Å². The van der Waals surface area contributed by atoms with E-state index in [4.69, 9.17) is 4.98 Å². The van der Waals surface area contributed by atoms with Crippen molar-refractivity contribution in [3.05, 3.63) is 170 Å². The van der Waals surface area contributed by atoms with E-state index >= 15 is 0 Å². The van der Waals surface area contributed by atoms with E-state index in [9.17, 15) is 0 Å². The fraction of sp³-hybridized carbons (Fsp3) is 0.0652. The van der Waals surface area contributed by atoms with E-state index in [0.29, 0.717) is 0 Å². The Bertz CT molecular complexity index is 2610. The molecule has 0 atom stereocenters. The molecule has 0 saturated heterocycles. The smallest absolute Gasteiger partial charge is 0.114 e. The Morgan fingerprint density at radius 3 is 1.88 bits per heavy atom. The largest absolute Gasteiger partial charge is 0.296 e. The Labute approximate surface area is 280 Å². The van der Waals surface area contributed by atoms with E-state index in [-0.39, 0.29) is 0 Å². The quantitative estimate of drug-likeness (QED) is 0.170. The summed E-state index contributed by atoms with van der Waals surface area (Å²) in [6.45, 7) is 2.22. The van der Waals surface area contributed by atoms with Crippen LogP contribution in [-0.4, -0.2) is 9.55 Å². The topological polar surface area (TPSA) is 17.8 Å². The highest BCUT2D eigenvalue weighted by Gasteiger charge is 2.19. The second kappa shape index (κ2) is 11.7. The van der Waals surface area contributed by atoms with Crippen molar-refractivity contribution in [1.29, 1.82) is 0 Å². The number of fused-ring (bicyclic) bond motifs is 4. The first kappa shape index (κ1) is 28.3. The average Bonchev–Trinajstić information content (AvgIpc) is 3.52. The molecule has 0 fully saturated rings. The number of imidazole rings is 1. The Morgan fingerprint density at radius 1 is 0.458 bits per heavy atom. The number of hydrogen-bond acceptors (Lipinski definition) is 1. The fourth-order valence-electron chi connectivity index (χ4n) is 7.49. The van der Waals surface area contributed by atoms with Crippen molar-refractivity contribution in [2.75, 3.05) is 0 Å². The van der Waals surface area contributed by atoms with Crippen molar-refractivity contribution in [3.8, 4) is 39.1 Å². The molecular formula is C46H34N2. The van der Waals surface area contributed by atoms with Gasteiger partial charge in [-0.05, 0) is 109 Å². The molecule has 9 rings (SSSR count). The maximum Gasteiger partial charge on any atom is 0.114 e. The number of aromatic nitrogens is 2. The Kier molecular flexibility index (Phi) is 6.87. The normalized spacial score (nSPS) is 11.6. The molecule has 1 aromatic heterocycles. The van der Waals surface area contributed by atoms with Crippen molar-refractivity contribution in [3.63, 3.8) is 0 Å². The molecule has 0 aliphatic heterocycles. The maximum atomic E-state index is 4.99. The number of nitrogens with zero attached hydrogens (tertiary/aromatic N) is 2. The molecule has 48 heavy (non-hydrogen) atoms. The monoisotopic (exact) mass is 614 g/mol. The first-order valence-electron chi connectivity index (χ1n) is 16.9. The molecule has 8 aromatic carbocycles. The van der Waals surface area contributed by atoms with Crippen LogP contribution in [0.5, 0.6) is 0 Å². The molecule has 0 N–H and O–H groups in total. The second-order valence-corrected chi connectivity index (χ2v) is 12.6. The van der Waals surface area contributed by atoms with Gasteiger partial charge < -0.3 is 0 Å². The molecule has 0 amide bonds. The minimum Gasteiger partial charge on any atom is -0.296 e. The summed E-state index contributed by atoms with van der Waals surface area (Å²) < 4.78 is 2.33. The fourth-order valence-corrected chi connectivity index (χ4v) is 7.49. The number of rotatable bonds is 6. The maximum absolute atomic E-state index is 4.99. The highest BCUT2D eigenvalue weighted by Crippen LogP contribution is 2.45. The van der Waals surface area contributed by atoms with Crippen molar-refractivity contribution in [1.82, 2.24) is 9.55 Å². The summed E-state index contributed by atoms with van der Waals surface area (Å²) >= 11 is 0. The molecule has 0 aliphatic rings. The standard InChI is InChI=1S/C46H34N2/c1-2-12-44-47-42-19-10-11-20-43(42)48(44)37-26-23-33(24-27-37)45-38-17-8-9-18-39(38)46(36-22-21-32-15-6-7-16-34(32)29-36)41-30-35(25-28-40(41)45)31-13-4-3-5-14-31/h3-11,13-30H,2,12H2,1H3. The van der Waals surface area contributed by atoms with Gasteiger partial charge in [-0.25, -0.2) is 4.98 Å². The molecular weight excluding hydrogens is 581 g/mol. The second-order valence-electron chi connectivity index (χ2n) is 12.6. The van der Waals surface area contributed by atoms with Gasteiger partial charge in [0.1, 0.15) is 5.82 Å². The van der Waals surface area contributed by atoms with Gasteiger partial charge in [0.15, 0.2) is 0 Å². The molecule has 0 radical (unpaired) electrons. The van der Waals surface area contributed by atoms with Crippen LogP contribution in [-0.2, 0) is 6.42 Å². The van der Waals surface area contributed by atoms with E-state index in [2.05, 4.69) is 175 Å². The molecule has 0 bridgehead atoms. The van der Waals surface area contributed by atoms with Crippen LogP contribution in [0.25, 0.3) is 82.4 Å². The third-order valence-corrected chi connectivity index (χ3v) is 9.69. The zero-order valence-electron chi connectivity index (χ0n) is 26.9. The summed E-state index contributed by atoms with van der Waals surface area (Å²) in [4.78, 5) is 4.99. The molecule has 2 nitrogen and oxygen atoms in total. The van der Waals surface area contributed by atoms with Gasteiger partial charge in [0.2, 0.25) is 0 Å². The van der Waals surface area contributed by atoms with Crippen molar-refractivity contribution in [2.24, 2.45) is 0 Å². The molecule has 0 saturated carbocycles. The van der Waals surface area contributed by atoms with Crippen LogP contribution in [0, 0.1) is 0 Å². The van der Waals surface area contributed by atoms with Crippen LogP contribution in [0.1, 0.15) is 19.2 Å². The van der Waals surface area contributed by atoms with Crippen LogP contribution in [0.4, 0.5) is 0 Å². The Morgan fingerprint density at radius 2 is 1.08 bits per heavy atom. The Hall–Kier alpha value is -5.99. The number of hydrogen-bond donors (Lipinski definition) is 0. The molecule has 228 valence electrons. The van der Waals surface area contributed by atoms with Crippen LogP contribution >= 0.6 is 0 Å². The lowest BCUT2D eigenvalue weighted by Gasteiger charge is -2.19. The predicted molar refractivity (Wildman–Crippen MR) is 204 cm³/mol. The van der Waals surface area contributed by atoms with E-state index < -0.39 is 0 Å². The summed E-state index contributed by atoms with van der Waals surface area (Å²) in [6.07, 6.45) is 1.99. The average molecular weight is 615 g/mol. The summed E-state index contributed by atoms with van der Waals surface area (Å²) in [5.41, 5.74) is 10.8. The summed E-state index contributed by atoms with van der Waals surface area (Å²) in [5.74, 6) is 1.11. The predicted octanol–water partition coefficient (Wildman–Crippen LogP) is 12.4. The minimum atomic E-state index is 0.936. The van der Waals surface area contributed by atoms with Crippen LogP contribution in [0.3, 0.4) is 0 Å². The summed E-state index contributed by atoms with van der Waals surface area (Å²) in [7, 11) is 0. The zero-order valence-corrected chi connectivity index (χ0v) is 26.9. The van der Waals surface area contributed by atoms with E-state index in [1.807, 2.05) is 0 Å². The van der Waals surface area contributed by atoms with E-state index in [1.54, 1.807) is 0 Å².